The van der Waals surface area contributed by atoms with Crippen LogP contribution in [0.1, 0.15) is 37.7 Å². The highest BCUT2D eigenvalue weighted by molar-refractivity contribution is 5.73. The number of hydrogen-bond donors (Lipinski definition) is 2. The predicted octanol–water partition coefficient (Wildman–Crippen LogP) is 1.92. The molecular formula is C14H26N4O. The fourth-order valence-electron chi connectivity index (χ4n) is 1.89. The summed E-state index contributed by atoms with van der Waals surface area (Å²) in [7, 11) is 1.94. The first-order chi connectivity index (χ1) is 8.70. The second-order valence-electron chi connectivity index (χ2n) is 6.19. The van der Waals surface area contributed by atoms with E-state index in [0.717, 1.165) is 17.8 Å². The summed E-state index contributed by atoms with van der Waals surface area (Å²) in [5.74, 6) is 0. The normalized spacial score (nSPS) is 11.5. The Kier molecular flexibility index (Phi) is 4.97. The Morgan fingerprint density at radius 2 is 1.89 bits per heavy atom. The minimum atomic E-state index is -0.103. The van der Waals surface area contributed by atoms with Gasteiger partial charge in [-0.15, -0.1) is 0 Å². The number of carbonyl (C=O) groups excluding carboxylic acids is 1. The van der Waals surface area contributed by atoms with Crippen molar-refractivity contribution in [3.63, 3.8) is 0 Å². The first-order valence-electron chi connectivity index (χ1n) is 6.71. The molecule has 0 bridgehead atoms. The molecule has 0 unspecified atom stereocenters. The molecule has 0 radical (unpaired) electrons. The molecule has 0 aromatic carbocycles. The molecule has 0 saturated heterocycles. The third-order valence-electron chi connectivity index (χ3n) is 3.10. The summed E-state index contributed by atoms with van der Waals surface area (Å²) < 4.78 is 1.88. The average molecular weight is 266 g/mol. The van der Waals surface area contributed by atoms with Crippen LogP contribution >= 0.6 is 0 Å². The van der Waals surface area contributed by atoms with Gasteiger partial charge in [0.25, 0.3) is 0 Å². The fourth-order valence-corrected chi connectivity index (χ4v) is 1.89. The summed E-state index contributed by atoms with van der Waals surface area (Å²) in [6.07, 6.45) is 0.814. The number of nitrogens with one attached hydrogen (secondary N) is 2. The van der Waals surface area contributed by atoms with Gasteiger partial charge >= 0.3 is 6.03 Å². The Bertz CT molecular complexity index is 443. The van der Waals surface area contributed by atoms with Crippen LogP contribution in [0.3, 0.4) is 0 Å². The Hall–Kier alpha value is -1.52. The zero-order valence-electron chi connectivity index (χ0n) is 12.9. The molecule has 1 heterocycles. The number of nitrogens with zero attached hydrogens (tertiary/aromatic N) is 2. The van der Waals surface area contributed by atoms with Crippen LogP contribution in [0.2, 0.25) is 0 Å². The molecule has 0 aliphatic heterocycles. The highest BCUT2D eigenvalue weighted by Gasteiger charge is 2.12. The van der Waals surface area contributed by atoms with Gasteiger partial charge in [-0.25, -0.2) is 4.79 Å². The van der Waals surface area contributed by atoms with Crippen molar-refractivity contribution in [2.75, 3.05) is 13.1 Å². The molecule has 2 N–H and O–H groups in total. The monoisotopic (exact) mass is 266 g/mol. The molecule has 0 fully saturated rings. The smallest absolute Gasteiger partial charge is 0.314 e. The Morgan fingerprint density at radius 3 is 2.37 bits per heavy atom. The van der Waals surface area contributed by atoms with Crippen molar-refractivity contribution in [3.8, 4) is 0 Å². The molecule has 5 nitrogen and oxygen atoms in total. The van der Waals surface area contributed by atoms with Crippen molar-refractivity contribution in [3.05, 3.63) is 17.0 Å². The molecule has 0 atom stereocenters. The Labute approximate surface area is 115 Å². The van der Waals surface area contributed by atoms with Crippen molar-refractivity contribution in [1.29, 1.82) is 0 Å². The van der Waals surface area contributed by atoms with Crippen LogP contribution in [0, 0.1) is 19.3 Å². The zero-order chi connectivity index (χ0) is 14.6. The topological polar surface area (TPSA) is 59.0 Å². The predicted molar refractivity (Wildman–Crippen MR) is 77.2 cm³/mol. The molecule has 5 heteroatoms. The molecule has 2 amide bonds. The van der Waals surface area contributed by atoms with Gasteiger partial charge in [0.1, 0.15) is 0 Å². The number of rotatable bonds is 4. The molecule has 0 spiro atoms. The third kappa shape index (κ3) is 4.93. The molecule has 1 aromatic rings. The lowest BCUT2D eigenvalue weighted by Crippen LogP contribution is -2.40. The Balaban J connectivity index is 2.36. The van der Waals surface area contributed by atoms with Crippen LogP contribution in [0.25, 0.3) is 0 Å². The van der Waals surface area contributed by atoms with Crippen molar-refractivity contribution in [2.45, 2.75) is 41.0 Å². The van der Waals surface area contributed by atoms with Crippen molar-refractivity contribution >= 4 is 6.03 Å². The van der Waals surface area contributed by atoms with E-state index in [2.05, 4.69) is 43.4 Å². The van der Waals surface area contributed by atoms with Gasteiger partial charge in [-0.1, -0.05) is 20.8 Å². The highest BCUT2D eigenvalue weighted by atomic mass is 16.2. The SMILES string of the molecule is Cc1nn(C)c(C)c1CCNC(=O)NCC(C)(C)C. The molecule has 1 aromatic heterocycles. The minimum Gasteiger partial charge on any atom is -0.338 e. The number of amides is 2. The van der Waals surface area contributed by atoms with Crippen LogP contribution in [0.15, 0.2) is 0 Å². The highest BCUT2D eigenvalue weighted by Crippen LogP contribution is 2.12. The first kappa shape index (κ1) is 15.5. The maximum Gasteiger partial charge on any atom is 0.314 e. The molecule has 0 aliphatic carbocycles. The van der Waals surface area contributed by atoms with E-state index in [9.17, 15) is 4.79 Å². The van der Waals surface area contributed by atoms with Crippen LogP contribution in [-0.4, -0.2) is 28.9 Å². The van der Waals surface area contributed by atoms with Crippen LogP contribution < -0.4 is 10.6 Å². The molecule has 19 heavy (non-hydrogen) atoms. The number of carbonyl (C=O) groups is 1. The van der Waals surface area contributed by atoms with Crippen molar-refractivity contribution < 1.29 is 4.79 Å². The standard InChI is InChI=1S/C14H26N4O/c1-10-12(11(2)18(6)17-10)7-8-15-13(19)16-9-14(3,4)5/h7-9H2,1-6H3,(H2,15,16,19). The quantitative estimate of drug-likeness (QED) is 0.875. The maximum atomic E-state index is 11.6. The van der Waals surface area contributed by atoms with Gasteiger partial charge in [0, 0.05) is 25.8 Å². The van der Waals surface area contributed by atoms with E-state index >= 15 is 0 Å². The number of aromatic nitrogens is 2. The fraction of sp³-hybridized carbons (Fsp3) is 0.714. The summed E-state index contributed by atoms with van der Waals surface area (Å²) >= 11 is 0. The van der Waals surface area contributed by atoms with E-state index in [1.54, 1.807) is 0 Å². The van der Waals surface area contributed by atoms with E-state index in [1.807, 2.05) is 18.7 Å². The zero-order valence-corrected chi connectivity index (χ0v) is 12.9. The summed E-state index contributed by atoms with van der Waals surface area (Å²) in [5.41, 5.74) is 3.53. The van der Waals surface area contributed by atoms with E-state index in [4.69, 9.17) is 0 Å². The van der Waals surface area contributed by atoms with E-state index < -0.39 is 0 Å². The number of hydrogen-bond acceptors (Lipinski definition) is 2. The molecule has 0 saturated carbocycles. The summed E-state index contributed by atoms with van der Waals surface area (Å²) in [6.45, 7) is 11.6. The van der Waals surface area contributed by atoms with Gasteiger partial charge in [0.2, 0.25) is 0 Å². The third-order valence-corrected chi connectivity index (χ3v) is 3.10. The lowest BCUT2D eigenvalue weighted by molar-refractivity contribution is 0.235. The van der Waals surface area contributed by atoms with Gasteiger partial charge in [-0.05, 0) is 31.2 Å². The summed E-state index contributed by atoms with van der Waals surface area (Å²) in [6, 6.07) is -0.103. The van der Waals surface area contributed by atoms with Gasteiger partial charge in [0.15, 0.2) is 0 Å². The Morgan fingerprint density at radius 1 is 1.26 bits per heavy atom. The molecule has 1 rings (SSSR count). The van der Waals surface area contributed by atoms with Gasteiger partial charge < -0.3 is 10.6 Å². The second kappa shape index (κ2) is 6.08. The summed E-state index contributed by atoms with van der Waals surface area (Å²) in [4.78, 5) is 11.6. The van der Waals surface area contributed by atoms with Crippen molar-refractivity contribution in [2.24, 2.45) is 12.5 Å². The van der Waals surface area contributed by atoms with Crippen LogP contribution in [0.4, 0.5) is 4.79 Å². The van der Waals surface area contributed by atoms with Gasteiger partial charge in [-0.2, -0.15) is 5.10 Å². The largest absolute Gasteiger partial charge is 0.338 e. The van der Waals surface area contributed by atoms with Gasteiger partial charge in [0.05, 0.1) is 5.69 Å². The van der Waals surface area contributed by atoms with E-state index in [1.165, 1.54) is 5.56 Å². The van der Waals surface area contributed by atoms with E-state index in [0.29, 0.717) is 13.1 Å². The number of urea groups is 1. The lowest BCUT2D eigenvalue weighted by atomic mass is 9.97. The molecular weight excluding hydrogens is 240 g/mol. The number of aryl methyl sites for hydroxylation is 2. The lowest BCUT2D eigenvalue weighted by Gasteiger charge is -2.18. The first-order valence-corrected chi connectivity index (χ1v) is 6.71. The minimum absolute atomic E-state index is 0.103. The van der Waals surface area contributed by atoms with Crippen LogP contribution in [0.5, 0.6) is 0 Å². The van der Waals surface area contributed by atoms with Crippen molar-refractivity contribution in [1.82, 2.24) is 20.4 Å². The average Bonchev–Trinajstić information content (AvgIpc) is 2.52. The maximum absolute atomic E-state index is 11.6. The van der Waals surface area contributed by atoms with Crippen LogP contribution in [-0.2, 0) is 13.5 Å². The molecule has 0 aliphatic rings. The second-order valence-corrected chi connectivity index (χ2v) is 6.19. The van der Waals surface area contributed by atoms with Gasteiger partial charge in [-0.3, -0.25) is 4.68 Å². The van der Waals surface area contributed by atoms with E-state index in [-0.39, 0.29) is 11.4 Å². The molecule has 108 valence electrons. The summed E-state index contributed by atoms with van der Waals surface area (Å²) in [5, 5.41) is 10.1.